The molecule has 0 saturated carbocycles. The molecular formula is C83H70N4. The number of pyridine rings is 2. The van der Waals surface area contributed by atoms with Gasteiger partial charge in [0.05, 0.1) is 11.0 Å². The van der Waals surface area contributed by atoms with Crippen LogP contribution >= 0.6 is 0 Å². The molecule has 10 aromatic carbocycles. The Balaban J connectivity index is 0.670. The lowest BCUT2D eigenvalue weighted by Crippen LogP contribution is -2.17. The summed E-state index contributed by atoms with van der Waals surface area (Å²) < 4.78 is 0. The van der Waals surface area contributed by atoms with E-state index in [2.05, 4.69) is 322 Å². The number of aromatic nitrogens is 2. The Morgan fingerprint density at radius 1 is 0.276 bits per heavy atom. The van der Waals surface area contributed by atoms with Gasteiger partial charge in [-0.3, -0.25) is 9.80 Å². The van der Waals surface area contributed by atoms with Crippen molar-refractivity contribution >= 4 is 80.5 Å². The monoisotopic (exact) mass is 1120 g/mol. The Hall–Kier alpha value is -9.90. The van der Waals surface area contributed by atoms with E-state index in [9.17, 15) is 0 Å². The van der Waals surface area contributed by atoms with Crippen molar-refractivity contribution in [1.29, 1.82) is 0 Å². The molecule has 12 aromatic rings. The summed E-state index contributed by atoms with van der Waals surface area (Å²) in [6.07, 6.45) is 9.17. The third-order valence-corrected chi connectivity index (χ3v) is 19.1. The minimum atomic E-state index is -0.216. The van der Waals surface area contributed by atoms with Crippen LogP contribution in [0.3, 0.4) is 0 Å². The fourth-order valence-electron chi connectivity index (χ4n) is 14.7. The lowest BCUT2D eigenvalue weighted by atomic mass is 9.81. The first-order valence-corrected chi connectivity index (χ1v) is 30.7. The number of para-hydroxylation sites is 2. The average Bonchev–Trinajstić information content (AvgIpc) is 1.75. The number of nitrogens with zero attached hydrogens (tertiary/aromatic N) is 4. The van der Waals surface area contributed by atoms with Gasteiger partial charge in [0.1, 0.15) is 11.6 Å². The molecule has 0 saturated heterocycles. The van der Waals surface area contributed by atoms with Crippen LogP contribution in [0.2, 0.25) is 0 Å². The van der Waals surface area contributed by atoms with Crippen LogP contribution in [0.1, 0.15) is 119 Å². The van der Waals surface area contributed by atoms with Gasteiger partial charge < -0.3 is 0 Å². The van der Waals surface area contributed by atoms with E-state index in [1.807, 2.05) is 0 Å². The number of anilines is 6. The number of fused-ring (bicyclic) bond motifs is 11. The van der Waals surface area contributed by atoms with E-state index in [0.717, 1.165) is 56.2 Å². The molecule has 2 heterocycles. The molecule has 0 atom stereocenters. The summed E-state index contributed by atoms with van der Waals surface area (Å²) in [5.41, 5.74) is 31.4. The molecule has 0 aliphatic heterocycles. The van der Waals surface area contributed by atoms with Gasteiger partial charge in [0, 0.05) is 49.8 Å². The molecule has 0 unspecified atom stereocenters. The second-order valence-electron chi connectivity index (χ2n) is 26.3. The smallest absolute Gasteiger partial charge is 0.138 e. The Kier molecular flexibility index (Phi) is 12.4. The van der Waals surface area contributed by atoms with Crippen molar-refractivity contribution in [2.45, 2.75) is 85.5 Å². The van der Waals surface area contributed by atoms with Crippen LogP contribution < -0.4 is 9.80 Å². The Morgan fingerprint density at radius 2 is 0.563 bits per heavy atom. The van der Waals surface area contributed by atoms with E-state index in [1.54, 1.807) is 0 Å². The summed E-state index contributed by atoms with van der Waals surface area (Å²) in [7, 11) is 0. The van der Waals surface area contributed by atoms with E-state index in [0.29, 0.717) is 0 Å². The minimum Gasteiger partial charge on any atom is -0.295 e. The van der Waals surface area contributed by atoms with Crippen LogP contribution in [0.5, 0.6) is 0 Å². The van der Waals surface area contributed by atoms with Crippen molar-refractivity contribution in [2.24, 2.45) is 0 Å². The van der Waals surface area contributed by atoms with Gasteiger partial charge in [-0.05, 0) is 224 Å². The second-order valence-corrected chi connectivity index (χ2v) is 26.3. The van der Waals surface area contributed by atoms with Gasteiger partial charge in [0.15, 0.2) is 0 Å². The average molecular weight is 1120 g/mol. The molecule has 0 amide bonds. The van der Waals surface area contributed by atoms with Gasteiger partial charge in [-0.1, -0.05) is 199 Å². The van der Waals surface area contributed by atoms with Crippen molar-refractivity contribution in [3.8, 4) is 33.4 Å². The molecule has 3 aliphatic rings. The summed E-state index contributed by atoms with van der Waals surface area (Å²) in [6.45, 7) is 23.0. The lowest BCUT2D eigenvalue weighted by molar-refractivity contribution is 0.660. The lowest BCUT2D eigenvalue weighted by Gasteiger charge is -2.28. The maximum Gasteiger partial charge on any atom is 0.138 e. The fourth-order valence-corrected chi connectivity index (χ4v) is 14.7. The first-order valence-electron chi connectivity index (χ1n) is 30.7. The number of hydrogen-bond acceptors (Lipinski definition) is 4. The quantitative estimate of drug-likeness (QED) is 0.128. The van der Waals surface area contributed by atoms with Gasteiger partial charge in [-0.15, -0.1) is 0 Å². The summed E-state index contributed by atoms with van der Waals surface area (Å²) >= 11 is 0. The standard InChI is InChI=1S/C83H70N4/c1-51-39-52(2)42-63(41-51)86(79-37-27-59-15-11-13-17-77(59)84-79)61-29-35-69-67-33-25-57(47-73(67)82(7,8)75(69)49-61)21-19-55-23-31-65-66-32-24-56(46-72(66)81(5,6)71(65)45-55)20-22-58-26-34-68-70-36-30-62(50-76(70)83(9,10)74(68)48-58)87(64-43-53(3)40-54(4)44-64)80-38-28-60-16-12-14-18-78(60)85-80/h11-50H,1-10H3/b21-19+,22-20+. The number of benzene rings is 10. The third-order valence-electron chi connectivity index (χ3n) is 19.1. The van der Waals surface area contributed by atoms with Crippen LogP contribution in [0.25, 0.3) is 79.5 Å². The maximum atomic E-state index is 5.22. The first kappa shape index (κ1) is 53.8. The third kappa shape index (κ3) is 9.12. The van der Waals surface area contributed by atoms with Crippen molar-refractivity contribution in [3.63, 3.8) is 0 Å². The molecule has 0 spiro atoms. The fraction of sp³-hybridized carbons (Fsp3) is 0.157. The normalized spacial score (nSPS) is 14.5. The van der Waals surface area contributed by atoms with Crippen LogP contribution in [0.4, 0.5) is 34.4 Å². The molecular weight excluding hydrogens is 1050 g/mol. The van der Waals surface area contributed by atoms with Gasteiger partial charge in [-0.2, -0.15) is 0 Å². The number of rotatable bonds is 10. The van der Waals surface area contributed by atoms with E-state index >= 15 is 0 Å². The van der Waals surface area contributed by atoms with Gasteiger partial charge >= 0.3 is 0 Å². The van der Waals surface area contributed by atoms with Gasteiger partial charge in [0.25, 0.3) is 0 Å². The van der Waals surface area contributed by atoms with Crippen LogP contribution in [0.15, 0.2) is 218 Å². The summed E-state index contributed by atoms with van der Waals surface area (Å²) in [4.78, 5) is 15.1. The van der Waals surface area contributed by atoms with E-state index < -0.39 is 0 Å². The summed E-state index contributed by atoms with van der Waals surface area (Å²) in [6, 6.07) is 81.0. The molecule has 0 fully saturated rings. The Bertz CT molecular complexity index is 4560. The highest BCUT2D eigenvalue weighted by atomic mass is 15.2. The molecule has 4 heteroatoms. The van der Waals surface area contributed by atoms with Crippen LogP contribution in [-0.2, 0) is 16.2 Å². The highest BCUT2D eigenvalue weighted by molar-refractivity contribution is 5.92. The largest absolute Gasteiger partial charge is 0.295 e. The molecule has 3 aliphatic carbocycles. The van der Waals surface area contributed by atoms with Crippen molar-refractivity contribution < 1.29 is 0 Å². The highest BCUT2D eigenvalue weighted by Gasteiger charge is 2.39. The zero-order chi connectivity index (χ0) is 59.7. The van der Waals surface area contributed by atoms with E-state index in [4.69, 9.17) is 9.97 Å². The molecule has 0 N–H and O–H groups in total. The number of hydrogen-bond donors (Lipinski definition) is 0. The molecule has 0 bridgehead atoms. The Morgan fingerprint density at radius 3 is 0.885 bits per heavy atom. The topological polar surface area (TPSA) is 32.3 Å². The van der Waals surface area contributed by atoms with Crippen LogP contribution in [0, 0.1) is 27.7 Å². The van der Waals surface area contributed by atoms with E-state index in [1.165, 1.54) is 111 Å². The molecule has 422 valence electrons. The van der Waals surface area contributed by atoms with Crippen molar-refractivity contribution in [3.05, 3.63) is 296 Å². The SMILES string of the molecule is Cc1cc(C)cc(N(c2ccc3c(c2)C(C)(C)c2cc(/C=C/c4ccc5c(c4)C(C)(C)c4cc(/C=C/c6ccc7c(c6)C(C)(C)c6cc(N(c8cc(C)cc(C)c8)c8ccc9ccccc9n8)ccc6-7)ccc4-5)ccc2-3)c2ccc3ccccc3n2)c1. The summed E-state index contributed by atoms with van der Waals surface area (Å²) in [5, 5.41) is 2.27. The first-order chi connectivity index (χ1) is 41.9. The molecule has 0 radical (unpaired) electrons. The molecule has 4 nitrogen and oxygen atoms in total. The van der Waals surface area contributed by atoms with Crippen LogP contribution in [-0.4, -0.2) is 9.97 Å². The van der Waals surface area contributed by atoms with E-state index in [-0.39, 0.29) is 16.2 Å². The van der Waals surface area contributed by atoms with Gasteiger partial charge in [0.2, 0.25) is 0 Å². The zero-order valence-corrected chi connectivity index (χ0v) is 51.4. The predicted octanol–water partition coefficient (Wildman–Crippen LogP) is 22.2. The highest BCUT2D eigenvalue weighted by Crippen LogP contribution is 2.54. The zero-order valence-electron chi connectivity index (χ0n) is 51.4. The minimum absolute atomic E-state index is 0.168. The molecule has 87 heavy (non-hydrogen) atoms. The van der Waals surface area contributed by atoms with Crippen molar-refractivity contribution in [1.82, 2.24) is 9.97 Å². The molecule has 15 rings (SSSR count). The maximum absolute atomic E-state index is 5.22. The van der Waals surface area contributed by atoms with Gasteiger partial charge in [-0.25, -0.2) is 9.97 Å². The second kappa shape index (κ2) is 20.1. The summed E-state index contributed by atoms with van der Waals surface area (Å²) in [5.74, 6) is 1.81. The Labute approximate surface area is 512 Å². The van der Waals surface area contributed by atoms with Crippen molar-refractivity contribution in [2.75, 3.05) is 9.80 Å². The predicted molar refractivity (Wildman–Crippen MR) is 369 cm³/mol. The molecule has 2 aromatic heterocycles. The number of aryl methyl sites for hydroxylation is 4.